The topological polar surface area (TPSA) is 118 Å². The van der Waals surface area contributed by atoms with E-state index in [1.807, 2.05) is 6.92 Å². The van der Waals surface area contributed by atoms with Gasteiger partial charge in [-0.05, 0) is 30.5 Å². The van der Waals surface area contributed by atoms with Crippen LogP contribution < -0.4 is 25.5 Å². The number of hydrogen-bond acceptors (Lipinski definition) is 7. The first kappa shape index (κ1) is 21.3. The number of carboxylic acids is 1. The number of carbonyl (C=O) groups excluding carboxylic acids is 2. The normalized spacial score (nSPS) is 13.0. The summed E-state index contributed by atoms with van der Waals surface area (Å²) in [6, 6.07) is 2.25. The zero-order valence-corrected chi connectivity index (χ0v) is 16.6. The fourth-order valence-corrected chi connectivity index (χ4v) is 3.02. The smallest absolute Gasteiger partial charge is 0.340 e. The average Bonchev–Trinajstić information content (AvgIpc) is 2.67. The molecule has 1 N–H and O–H groups in total. The number of rotatable bonds is 8. The molecule has 2 atom stereocenters. The Labute approximate surface area is 162 Å². The van der Waals surface area contributed by atoms with Crippen molar-refractivity contribution in [2.24, 2.45) is 5.92 Å². The van der Waals surface area contributed by atoms with E-state index in [0.717, 1.165) is 0 Å². The van der Waals surface area contributed by atoms with Gasteiger partial charge in [0.15, 0.2) is 11.3 Å². The molecule has 0 unspecified atom stereocenters. The summed E-state index contributed by atoms with van der Waals surface area (Å²) in [6.07, 6.45) is 0.246. The highest BCUT2D eigenvalue weighted by Gasteiger charge is 2.23. The van der Waals surface area contributed by atoms with E-state index in [-0.39, 0.29) is 29.2 Å². The summed E-state index contributed by atoms with van der Waals surface area (Å²) >= 11 is 0. The molecule has 0 spiro atoms. The summed E-state index contributed by atoms with van der Waals surface area (Å²) in [6.45, 7) is 5.21. The molecule has 0 saturated heterocycles. The Morgan fingerprint density at radius 2 is 1.93 bits per heavy atom. The maximum atomic E-state index is 12.5. The molecule has 0 fully saturated rings. The van der Waals surface area contributed by atoms with Gasteiger partial charge >= 0.3 is 5.63 Å². The molecule has 0 saturated carbocycles. The second-order valence-electron chi connectivity index (χ2n) is 6.60. The molecule has 152 valence electrons. The minimum atomic E-state index is -1.36. The van der Waals surface area contributed by atoms with E-state index >= 15 is 0 Å². The lowest BCUT2D eigenvalue weighted by Crippen LogP contribution is -2.51. The fourth-order valence-electron chi connectivity index (χ4n) is 3.02. The van der Waals surface area contributed by atoms with Gasteiger partial charge in [-0.15, -0.1) is 0 Å². The van der Waals surface area contributed by atoms with Crippen LogP contribution in [0, 0.1) is 12.8 Å². The van der Waals surface area contributed by atoms with Crippen molar-refractivity contribution in [2.45, 2.75) is 39.7 Å². The van der Waals surface area contributed by atoms with E-state index in [1.165, 1.54) is 14.2 Å². The number of aryl methyl sites for hydroxylation is 1. The summed E-state index contributed by atoms with van der Waals surface area (Å²) in [5, 5.41) is 14.3. The van der Waals surface area contributed by atoms with Crippen LogP contribution in [0.1, 0.15) is 31.4 Å². The third-order valence-electron chi connectivity index (χ3n) is 4.92. The zero-order valence-electron chi connectivity index (χ0n) is 16.6. The third kappa shape index (κ3) is 4.11. The van der Waals surface area contributed by atoms with Crippen LogP contribution in [0.5, 0.6) is 11.5 Å². The number of amides is 1. The summed E-state index contributed by atoms with van der Waals surface area (Å²) in [5.41, 5.74) is 0.232. The van der Waals surface area contributed by atoms with Crippen molar-refractivity contribution in [3.63, 3.8) is 0 Å². The predicted octanol–water partition coefficient (Wildman–Crippen LogP) is 0.942. The Bertz CT molecular complexity index is 948. The SMILES string of the molecule is CC[C@@H](C)[C@H](NC(=O)Cc1c(C)c2ccc(OC)c(OC)c2oc1=O)C(=O)[O-]. The van der Waals surface area contributed by atoms with Crippen molar-refractivity contribution < 1.29 is 28.6 Å². The van der Waals surface area contributed by atoms with E-state index < -0.39 is 23.5 Å². The van der Waals surface area contributed by atoms with Crippen LogP contribution in [0.3, 0.4) is 0 Å². The van der Waals surface area contributed by atoms with Crippen molar-refractivity contribution >= 4 is 22.8 Å². The molecule has 2 aromatic rings. The van der Waals surface area contributed by atoms with E-state index in [9.17, 15) is 19.5 Å². The number of benzene rings is 1. The Hall–Kier alpha value is -3.03. The van der Waals surface area contributed by atoms with Gasteiger partial charge in [0.25, 0.3) is 0 Å². The average molecular weight is 390 g/mol. The molecular weight excluding hydrogens is 366 g/mol. The molecule has 28 heavy (non-hydrogen) atoms. The van der Waals surface area contributed by atoms with Crippen LogP contribution >= 0.6 is 0 Å². The van der Waals surface area contributed by atoms with E-state index in [1.54, 1.807) is 26.0 Å². The Balaban J connectivity index is 2.41. The molecule has 0 aliphatic rings. The summed E-state index contributed by atoms with van der Waals surface area (Å²) in [5.74, 6) is -1.57. The van der Waals surface area contributed by atoms with Gasteiger partial charge in [0, 0.05) is 5.39 Å². The number of aliphatic carboxylic acids is 1. The molecular formula is C20H24NO7-. The molecule has 0 aliphatic carbocycles. The second-order valence-corrected chi connectivity index (χ2v) is 6.60. The number of carboxylic acid groups (broad SMARTS) is 1. The number of ether oxygens (including phenoxy) is 2. The maximum Gasteiger partial charge on any atom is 0.340 e. The Morgan fingerprint density at radius 1 is 1.25 bits per heavy atom. The predicted molar refractivity (Wildman–Crippen MR) is 100 cm³/mol. The minimum absolute atomic E-state index is 0.151. The molecule has 8 nitrogen and oxygen atoms in total. The molecule has 0 radical (unpaired) electrons. The van der Waals surface area contributed by atoms with E-state index in [2.05, 4.69) is 5.32 Å². The first-order chi connectivity index (χ1) is 13.2. The quantitative estimate of drug-likeness (QED) is 0.667. The van der Waals surface area contributed by atoms with Gasteiger partial charge in [0.2, 0.25) is 11.7 Å². The van der Waals surface area contributed by atoms with Gasteiger partial charge in [-0.25, -0.2) is 4.79 Å². The molecule has 0 bridgehead atoms. The van der Waals surface area contributed by atoms with Crippen molar-refractivity contribution in [1.82, 2.24) is 5.32 Å². The highest BCUT2D eigenvalue weighted by Crippen LogP contribution is 2.36. The van der Waals surface area contributed by atoms with Crippen LogP contribution in [-0.4, -0.2) is 32.1 Å². The first-order valence-corrected chi connectivity index (χ1v) is 8.92. The van der Waals surface area contributed by atoms with Gasteiger partial charge in [0.05, 0.1) is 38.2 Å². The monoisotopic (exact) mass is 390 g/mol. The lowest BCUT2D eigenvalue weighted by molar-refractivity contribution is -0.309. The summed E-state index contributed by atoms with van der Waals surface area (Å²) in [4.78, 5) is 36.2. The van der Waals surface area contributed by atoms with Crippen molar-refractivity contribution in [1.29, 1.82) is 0 Å². The number of fused-ring (bicyclic) bond motifs is 1. The molecule has 1 heterocycles. The zero-order chi connectivity index (χ0) is 21.0. The lowest BCUT2D eigenvalue weighted by atomic mass is 9.98. The Kier molecular flexibility index (Phi) is 6.66. The van der Waals surface area contributed by atoms with Gasteiger partial charge in [-0.3, -0.25) is 4.79 Å². The summed E-state index contributed by atoms with van der Waals surface area (Å²) in [7, 11) is 2.90. The first-order valence-electron chi connectivity index (χ1n) is 8.92. The van der Waals surface area contributed by atoms with Gasteiger partial charge in [-0.2, -0.15) is 0 Å². The van der Waals surface area contributed by atoms with Gasteiger partial charge in [-0.1, -0.05) is 20.3 Å². The number of methoxy groups -OCH3 is 2. The van der Waals surface area contributed by atoms with Crippen molar-refractivity contribution in [2.75, 3.05) is 14.2 Å². The molecule has 2 rings (SSSR count). The number of carbonyl (C=O) groups is 2. The maximum absolute atomic E-state index is 12.5. The fraction of sp³-hybridized carbons (Fsp3) is 0.450. The largest absolute Gasteiger partial charge is 0.548 e. The van der Waals surface area contributed by atoms with Crippen LogP contribution in [-0.2, 0) is 16.0 Å². The highest BCUT2D eigenvalue weighted by molar-refractivity contribution is 5.90. The van der Waals surface area contributed by atoms with Crippen LogP contribution in [0.2, 0.25) is 0 Å². The van der Waals surface area contributed by atoms with Crippen molar-refractivity contribution in [3.05, 3.63) is 33.7 Å². The number of nitrogens with one attached hydrogen (secondary N) is 1. The molecule has 1 amide bonds. The highest BCUT2D eigenvalue weighted by atomic mass is 16.5. The van der Waals surface area contributed by atoms with Crippen LogP contribution in [0.25, 0.3) is 11.0 Å². The van der Waals surface area contributed by atoms with E-state index in [4.69, 9.17) is 13.9 Å². The van der Waals surface area contributed by atoms with Crippen LogP contribution in [0.15, 0.2) is 21.3 Å². The van der Waals surface area contributed by atoms with E-state index in [0.29, 0.717) is 23.1 Å². The molecule has 1 aromatic carbocycles. The molecule has 0 aliphatic heterocycles. The van der Waals surface area contributed by atoms with Gasteiger partial charge < -0.3 is 29.1 Å². The van der Waals surface area contributed by atoms with Crippen molar-refractivity contribution in [3.8, 4) is 11.5 Å². The van der Waals surface area contributed by atoms with Crippen LogP contribution in [0.4, 0.5) is 0 Å². The third-order valence-corrected chi connectivity index (χ3v) is 4.92. The Morgan fingerprint density at radius 3 is 2.46 bits per heavy atom. The summed E-state index contributed by atoms with van der Waals surface area (Å²) < 4.78 is 15.9. The second kappa shape index (κ2) is 8.77. The minimum Gasteiger partial charge on any atom is -0.548 e. The van der Waals surface area contributed by atoms with Gasteiger partial charge in [0.1, 0.15) is 0 Å². The lowest BCUT2D eigenvalue weighted by Gasteiger charge is -2.25. The molecule has 1 aromatic heterocycles. The molecule has 8 heteroatoms. The standard InChI is InChI=1S/C20H25NO7/c1-6-10(2)16(19(23)24)21-15(22)9-13-11(3)12-7-8-14(26-4)18(27-5)17(12)28-20(13)25/h7-8,10,16H,6,9H2,1-5H3,(H,21,22)(H,23,24)/p-1/t10-,16+/m1/s1. The number of hydrogen-bond donors (Lipinski definition) is 1.